The highest BCUT2D eigenvalue weighted by Gasteiger charge is 2.77. The molecule has 6 atom stereocenters. The van der Waals surface area contributed by atoms with Crippen molar-refractivity contribution in [2.45, 2.75) is 95.1 Å². The van der Waals surface area contributed by atoms with Crippen LogP contribution in [0, 0.1) is 18.3 Å². The topological polar surface area (TPSA) is 95.9 Å². The zero-order valence-corrected chi connectivity index (χ0v) is 18.6. The van der Waals surface area contributed by atoms with E-state index in [9.17, 15) is 9.90 Å². The van der Waals surface area contributed by atoms with E-state index in [0.717, 1.165) is 5.06 Å². The number of carbonyl (C=O) groups is 1. The summed E-state index contributed by atoms with van der Waals surface area (Å²) in [4.78, 5) is 18.7. The summed E-state index contributed by atoms with van der Waals surface area (Å²) in [6.07, 6.45) is 2.50. The van der Waals surface area contributed by atoms with Crippen molar-refractivity contribution in [1.29, 1.82) is 0 Å². The van der Waals surface area contributed by atoms with Crippen molar-refractivity contribution >= 4 is 6.09 Å². The van der Waals surface area contributed by atoms with Crippen LogP contribution in [0.25, 0.3) is 0 Å². The van der Waals surface area contributed by atoms with E-state index in [1.807, 2.05) is 0 Å². The molecule has 168 valence electrons. The highest BCUT2D eigenvalue weighted by atomic mass is 16.8. The Labute approximate surface area is 176 Å². The van der Waals surface area contributed by atoms with Crippen molar-refractivity contribution in [3.8, 4) is 12.3 Å². The molecule has 3 heterocycles. The Bertz CT molecular complexity index is 783. The third-order valence-electron chi connectivity index (χ3n) is 6.05. The van der Waals surface area contributed by atoms with E-state index >= 15 is 0 Å². The number of nitrogens with zero attached hydrogens (tertiary/aromatic N) is 1. The number of rotatable bonds is 0. The smallest absolute Gasteiger partial charge is 0.436 e. The lowest BCUT2D eigenvalue weighted by molar-refractivity contribution is -0.254. The summed E-state index contributed by atoms with van der Waals surface area (Å²) in [5, 5.41) is 12.5. The number of aliphatic hydroxyl groups is 1. The maximum atomic E-state index is 13.0. The van der Waals surface area contributed by atoms with Crippen LogP contribution in [0.4, 0.5) is 4.79 Å². The number of fused-ring (bicyclic) bond motifs is 4. The number of ether oxygens (including phenoxy) is 5. The SMILES string of the molecule is C#C[C@]12[C@H](CON1C(=O)OC(C)(C)C)[C@@H](O)[C@@]1(COC(C)(C)O1)[C@H]1OC(C)(C)O[C@H]12. The second-order valence-corrected chi connectivity index (χ2v) is 10.3. The van der Waals surface area contributed by atoms with E-state index in [0.29, 0.717) is 0 Å². The zero-order valence-electron chi connectivity index (χ0n) is 18.6. The van der Waals surface area contributed by atoms with Gasteiger partial charge in [0, 0.05) is 0 Å². The molecule has 9 nitrogen and oxygen atoms in total. The van der Waals surface area contributed by atoms with Gasteiger partial charge in [-0.05, 0) is 48.5 Å². The molecule has 1 saturated carbocycles. The summed E-state index contributed by atoms with van der Waals surface area (Å²) in [5.74, 6) is 0.0419. The fourth-order valence-electron chi connectivity index (χ4n) is 4.99. The van der Waals surface area contributed by atoms with Crippen molar-refractivity contribution in [3.05, 3.63) is 0 Å². The molecular weight excluding hydrogens is 394 g/mol. The second-order valence-electron chi connectivity index (χ2n) is 10.3. The fourth-order valence-corrected chi connectivity index (χ4v) is 4.99. The van der Waals surface area contributed by atoms with Gasteiger partial charge in [0.1, 0.15) is 23.4 Å². The molecule has 4 aliphatic rings. The number of aliphatic hydroxyl groups excluding tert-OH is 1. The second kappa shape index (κ2) is 6.31. The zero-order chi connectivity index (χ0) is 22.3. The molecule has 0 aromatic rings. The quantitative estimate of drug-likeness (QED) is 0.585. The van der Waals surface area contributed by atoms with Gasteiger partial charge in [0.2, 0.25) is 0 Å². The van der Waals surface area contributed by atoms with Gasteiger partial charge in [-0.2, -0.15) is 5.06 Å². The standard InChI is InChI=1S/C21H31NO8/c1-9-20-12(10-26-22(20)16(24)29-17(2,3)4)13(23)21(11-25-18(5,6)30-21)15-14(20)27-19(7,8)28-15/h1,12-15,23H,10-11H2,2-8H3/t12-,13-,14-,15+,20-,21+/m1/s1. The molecule has 0 unspecified atom stereocenters. The molecule has 3 aliphatic heterocycles. The highest BCUT2D eigenvalue weighted by molar-refractivity contribution is 5.70. The average Bonchev–Trinajstić information content (AvgIpc) is 3.23. The maximum absolute atomic E-state index is 13.0. The van der Waals surface area contributed by atoms with Crippen LogP contribution in [0.3, 0.4) is 0 Å². The van der Waals surface area contributed by atoms with Crippen molar-refractivity contribution < 1.29 is 38.4 Å². The lowest BCUT2D eigenvalue weighted by Gasteiger charge is -2.52. The van der Waals surface area contributed by atoms with Gasteiger partial charge in [-0.25, -0.2) is 4.79 Å². The largest absolute Gasteiger partial charge is 0.442 e. The minimum absolute atomic E-state index is 0.0108. The first kappa shape index (κ1) is 21.8. The lowest BCUT2D eigenvalue weighted by Crippen LogP contribution is -2.75. The summed E-state index contributed by atoms with van der Waals surface area (Å²) >= 11 is 0. The third kappa shape index (κ3) is 2.97. The van der Waals surface area contributed by atoms with Crippen LogP contribution >= 0.6 is 0 Å². The summed E-state index contributed by atoms with van der Waals surface area (Å²) in [6, 6.07) is 0. The number of hydrogen-bond donors (Lipinski definition) is 1. The number of hydroxylamine groups is 2. The molecule has 4 fully saturated rings. The molecule has 1 amide bonds. The van der Waals surface area contributed by atoms with E-state index in [1.54, 1.807) is 48.5 Å². The molecule has 0 aromatic heterocycles. The lowest BCUT2D eigenvalue weighted by atomic mass is 9.62. The number of terminal acetylenes is 1. The van der Waals surface area contributed by atoms with Crippen LogP contribution in [0.5, 0.6) is 0 Å². The summed E-state index contributed by atoms with van der Waals surface area (Å²) < 4.78 is 30.0. The monoisotopic (exact) mass is 425 g/mol. The van der Waals surface area contributed by atoms with Gasteiger partial charge in [0.25, 0.3) is 0 Å². The van der Waals surface area contributed by atoms with Crippen molar-refractivity contribution in [2.24, 2.45) is 5.92 Å². The van der Waals surface area contributed by atoms with Crippen molar-refractivity contribution in [1.82, 2.24) is 5.06 Å². The van der Waals surface area contributed by atoms with Gasteiger partial charge in [-0.3, -0.25) is 4.84 Å². The molecule has 3 saturated heterocycles. The van der Waals surface area contributed by atoms with Gasteiger partial charge < -0.3 is 28.8 Å². The predicted molar refractivity (Wildman–Crippen MR) is 103 cm³/mol. The van der Waals surface area contributed by atoms with Crippen molar-refractivity contribution in [3.63, 3.8) is 0 Å². The molecule has 0 radical (unpaired) electrons. The summed E-state index contributed by atoms with van der Waals surface area (Å²) in [5.41, 5.74) is -3.43. The summed E-state index contributed by atoms with van der Waals surface area (Å²) in [7, 11) is 0. The first-order chi connectivity index (χ1) is 13.7. The molecule has 0 bridgehead atoms. The molecule has 1 aliphatic carbocycles. The van der Waals surface area contributed by atoms with E-state index in [2.05, 4.69) is 5.92 Å². The van der Waals surface area contributed by atoms with Gasteiger partial charge in [-0.15, -0.1) is 6.42 Å². The number of amides is 1. The number of carbonyl (C=O) groups excluding carboxylic acids is 1. The van der Waals surface area contributed by atoms with E-state index < -0.39 is 58.6 Å². The minimum Gasteiger partial charge on any atom is -0.442 e. The summed E-state index contributed by atoms with van der Waals surface area (Å²) in [6.45, 7) is 12.4. The van der Waals surface area contributed by atoms with E-state index in [-0.39, 0.29) is 13.2 Å². The van der Waals surface area contributed by atoms with Gasteiger partial charge in [0.05, 0.1) is 25.2 Å². The molecule has 4 rings (SSSR count). The van der Waals surface area contributed by atoms with Gasteiger partial charge in [-0.1, -0.05) is 5.92 Å². The van der Waals surface area contributed by atoms with Gasteiger partial charge >= 0.3 is 6.09 Å². The van der Waals surface area contributed by atoms with Crippen LogP contribution < -0.4 is 0 Å². The van der Waals surface area contributed by atoms with Crippen LogP contribution in [-0.2, 0) is 28.5 Å². The Morgan fingerprint density at radius 2 is 1.80 bits per heavy atom. The Morgan fingerprint density at radius 1 is 1.17 bits per heavy atom. The minimum atomic E-state index is -1.44. The normalized spacial score (nSPS) is 43.9. The Morgan fingerprint density at radius 3 is 2.33 bits per heavy atom. The predicted octanol–water partition coefficient (Wildman–Crippen LogP) is 1.57. The molecular formula is C21H31NO8. The fraction of sp³-hybridized carbons (Fsp3) is 0.857. The van der Waals surface area contributed by atoms with Crippen LogP contribution in [0.15, 0.2) is 0 Å². The van der Waals surface area contributed by atoms with Crippen LogP contribution in [-0.4, -0.2) is 76.1 Å². The third-order valence-corrected chi connectivity index (χ3v) is 6.05. The molecule has 9 heteroatoms. The highest BCUT2D eigenvalue weighted by Crippen LogP contribution is 2.57. The number of hydrogen-bond acceptors (Lipinski definition) is 8. The van der Waals surface area contributed by atoms with Gasteiger partial charge in [0.15, 0.2) is 17.1 Å². The molecule has 0 aromatic carbocycles. The Hall–Kier alpha value is -1.41. The maximum Gasteiger partial charge on any atom is 0.436 e. The first-order valence-corrected chi connectivity index (χ1v) is 10.2. The molecule has 30 heavy (non-hydrogen) atoms. The molecule has 1 N–H and O–H groups in total. The van der Waals surface area contributed by atoms with E-state index in [4.69, 9.17) is 34.9 Å². The molecule has 1 spiro atoms. The Balaban J connectivity index is 1.80. The Kier molecular flexibility index (Phi) is 4.59. The van der Waals surface area contributed by atoms with Crippen LogP contribution in [0.2, 0.25) is 0 Å². The van der Waals surface area contributed by atoms with Crippen LogP contribution in [0.1, 0.15) is 48.5 Å². The average molecular weight is 425 g/mol. The first-order valence-electron chi connectivity index (χ1n) is 10.2. The van der Waals surface area contributed by atoms with Crippen molar-refractivity contribution in [2.75, 3.05) is 13.2 Å². The van der Waals surface area contributed by atoms with E-state index in [1.165, 1.54) is 0 Å².